The molecule has 4 radical (unpaired) electrons. The Morgan fingerprint density at radius 1 is 0.391 bits per heavy atom. The van der Waals surface area contributed by atoms with Gasteiger partial charge in [0.05, 0.1) is 0 Å². The molecule has 0 fully saturated rings. The second-order valence-corrected chi connectivity index (χ2v) is 4.96. The maximum Gasteiger partial charge on any atom is 0 e. The van der Waals surface area contributed by atoms with Crippen LogP contribution in [0.15, 0.2) is 91.0 Å². The summed E-state index contributed by atoms with van der Waals surface area (Å²) in [5.41, 5.74) is 3.97. The van der Waals surface area contributed by atoms with Crippen molar-refractivity contribution in [3.05, 3.63) is 108 Å². The zero-order chi connectivity index (χ0) is 15.3. The molecule has 0 aromatic heterocycles. The van der Waals surface area contributed by atoms with E-state index in [4.69, 9.17) is 0 Å². The van der Waals surface area contributed by atoms with Crippen LogP contribution in [-0.4, -0.2) is 29.4 Å². The minimum atomic E-state index is 0. The zero-order valence-corrected chi connectivity index (χ0v) is 17.0. The number of benzene rings is 3. The number of hydrogen-bond donors (Lipinski definition) is 0. The summed E-state index contributed by atoms with van der Waals surface area (Å²) in [6.45, 7) is 6.25. The fourth-order valence-electron chi connectivity index (χ4n) is 1.60. The fraction of sp³-hybridized carbons (Fsp3) is 0.143. The molecule has 0 amide bonds. The molecule has 2 heteroatoms. The molecule has 3 aromatic carbocycles. The van der Waals surface area contributed by atoms with Crippen LogP contribution in [0.4, 0.5) is 0 Å². The first-order valence-electron chi connectivity index (χ1n) is 7.23. The first-order valence-corrected chi connectivity index (χ1v) is 7.23. The molecule has 0 saturated heterocycles. The molecule has 120 valence electrons. The van der Waals surface area contributed by atoms with Crippen molar-refractivity contribution in [3.8, 4) is 0 Å². The van der Waals surface area contributed by atoms with Gasteiger partial charge in [-0.25, -0.2) is 0 Å². The van der Waals surface area contributed by atoms with Gasteiger partial charge in [0.15, 0.2) is 0 Å². The molecule has 0 heterocycles. The van der Waals surface area contributed by atoms with E-state index in [1.165, 1.54) is 16.7 Å². The van der Waals surface area contributed by atoms with Crippen LogP contribution in [0.25, 0.3) is 0 Å². The van der Waals surface area contributed by atoms with Gasteiger partial charge in [-0.2, -0.15) is 0 Å². The summed E-state index contributed by atoms with van der Waals surface area (Å²) in [5.74, 6) is 0. The number of aryl methyl sites for hydroxylation is 3. The molecular weight excluding hydrogens is 387 g/mol. The maximum atomic E-state index is 2.08. The van der Waals surface area contributed by atoms with Crippen molar-refractivity contribution in [1.29, 1.82) is 0 Å². The molecular formula is C21H26OSn. The first kappa shape index (κ1) is 23.7. The van der Waals surface area contributed by atoms with Crippen LogP contribution < -0.4 is 0 Å². The van der Waals surface area contributed by atoms with Crippen LogP contribution in [0, 0.1) is 20.8 Å². The molecule has 0 bridgehead atoms. The van der Waals surface area contributed by atoms with E-state index in [2.05, 4.69) is 57.2 Å². The molecule has 3 rings (SSSR count). The van der Waals surface area contributed by atoms with Crippen molar-refractivity contribution in [3.63, 3.8) is 0 Å². The largest absolute Gasteiger partial charge is 0.412 e. The molecule has 2 N–H and O–H groups in total. The molecule has 3 aromatic rings. The standard InChI is InChI=1S/3C7H8.H2O.Sn/c3*1-7-5-3-2-4-6-7;;/h3*2-6H,1H3;1H2;. The van der Waals surface area contributed by atoms with E-state index in [9.17, 15) is 0 Å². The van der Waals surface area contributed by atoms with Gasteiger partial charge in [-0.05, 0) is 20.8 Å². The second kappa shape index (κ2) is 15.3. The van der Waals surface area contributed by atoms with Gasteiger partial charge in [0.25, 0.3) is 0 Å². The molecule has 0 aliphatic heterocycles. The monoisotopic (exact) mass is 414 g/mol. The quantitative estimate of drug-likeness (QED) is 0.476. The summed E-state index contributed by atoms with van der Waals surface area (Å²) in [5, 5.41) is 0. The van der Waals surface area contributed by atoms with E-state index < -0.39 is 0 Å². The Labute approximate surface area is 157 Å². The predicted octanol–water partition coefficient (Wildman–Crippen LogP) is 4.78. The Balaban J connectivity index is 0. The van der Waals surface area contributed by atoms with Crippen LogP contribution >= 0.6 is 0 Å². The van der Waals surface area contributed by atoms with Crippen molar-refractivity contribution in [1.82, 2.24) is 0 Å². The van der Waals surface area contributed by atoms with Crippen LogP contribution in [0.1, 0.15) is 16.7 Å². The van der Waals surface area contributed by atoms with Crippen molar-refractivity contribution in [2.45, 2.75) is 20.8 Å². The number of hydrogen-bond acceptors (Lipinski definition) is 0. The Morgan fingerprint density at radius 2 is 0.565 bits per heavy atom. The summed E-state index contributed by atoms with van der Waals surface area (Å²) in [6, 6.07) is 30.8. The molecule has 0 saturated carbocycles. The molecule has 1 nitrogen and oxygen atoms in total. The Morgan fingerprint density at radius 3 is 0.652 bits per heavy atom. The average Bonchev–Trinajstić information content (AvgIpc) is 2.51. The van der Waals surface area contributed by atoms with Gasteiger partial charge >= 0.3 is 0 Å². The SMILES string of the molecule is Cc1ccccc1.Cc1ccccc1.Cc1ccccc1.O.[Sn]. The van der Waals surface area contributed by atoms with Gasteiger partial charge < -0.3 is 5.48 Å². The zero-order valence-electron chi connectivity index (χ0n) is 14.2. The van der Waals surface area contributed by atoms with Crippen molar-refractivity contribution < 1.29 is 5.48 Å². The van der Waals surface area contributed by atoms with E-state index >= 15 is 0 Å². The van der Waals surface area contributed by atoms with Gasteiger partial charge in [0.1, 0.15) is 0 Å². The number of rotatable bonds is 0. The average molecular weight is 413 g/mol. The minimum absolute atomic E-state index is 0. The third-order valence-corrected chi connectivity index (χ3v) is 2.82. The Hall–Kier alpha value is -1.58. The fourth-order valence-corrected chi connectivity index (χ4v) is 1.60. The van der Waals surface area contributed by atoms with Crippen molar-refractivity contribution >= 4 is 23.9 Å². The molecule has 0 aliphatic carbocycles. The predicted molar refractivity (Wildman–Crippen MR) is 103 cm³/mol. The summed E-state index contributed by atoms with van der Waals surface area (Å²) < 4.78 is 0. The van der Waals surface area contributed by atoms with Crippen LogP contribution in [0.3, 0.4) is 0 Å². The summed E-state index contributed by atoms with van der Waals surface area (Å²) >= 11 is 0. The normalized spacial score (nSPS) is 7.96. The minimum Gasteiger partial charge on any atom is -0.412 e. The van der Waals surface area contributed by atoms with Crippen molar-refractivity contribution in [2.24, 2.45) is 0 Å². The first-order chi connectivity index (χ1) is 10.2. The van der Waals surface area contributed by atoms with E-state index in [0.29, 0.717) is 0 Å². The summed E-state index contributed by atoms with van der Waals surface area (Å²) in [4.78, 5) is 0. The smallest absolute Gasteiger partial charge is 0 e. The van der Waals surface area contributed by atoms with Gasteiger partial charge in [-0.1, -0.05) is 108 Å². The second-order valence-electron chi connectivity index (χ2n) is 4.96. The van der Waals surface area contributed by atoms with Crippen LogP contribution in [0.5, 0.6) is 0 Å². The molecule has 0 spiro atoms. The van der Waals surface area contributed by atoms with Gasteiger partial charge in [-0.3, -0.25) is 0 Å². The van der Waals surface area contributed by atoms with E-state index in [0.717, 1.165) is 0 Å². The van der Waals surface area contributed by atoms with Crippen LogP contribution in [-0.2, 0) is 0 Å². The third-order valence-electron chi connectivity index (χ3n) is 2.82. The molecule has 0 atom stereocenters. The van der Waals surface area contributed by atoms with E-state index in [1.54, 1.807) is 0 Å². The van der Waals surface area contributed by atoms with E-state index in [-0.39, 0.29) is 29.4 Å². The third kappa shape index (κ3) is 13.8. The Bertz CT molecular complexity index is 491. The topological polar surface area (TPSA) is 31.5 Å². The van der Waals surface area contributed by atoms with Gasteiger partial charge in [0, 0.05) is 23.9 Å². The molecule has 0 unspecified atom stereocenters. The summed E-state index contributed by atoms with van der Waals surface area (Å²) in [7, 11) is 0. The van der Waals surface area contributed by atoms with Crippen molar-refractivity contribution in [2.75, 3.05) is 0 Å². The summed E-state index contributed by atoms with van der Waals surface area (Å²) in [6.07, 6.45) is 0. The van der Waals surface area contributed by atoms with E-state index in [1.807, 2.05) is 54.6 Å². The van der Waals surface area contributed by atoms with Gasteiger partial charge in [0.2, 0.25) is 0 Å². The molecule has 0 aliphatic rings. The molecule has 23 heavy (non-hydrogen) atoms. The maximum absolute atomic E-state index is 2.08. The van der Waals surface area contributed by atoms with Crippen LogP contribution in [0.2, 0.25) is 0 Å². The van der Waals surface area contributed by atoms with Gasteiger partial charge in [-0.15, -0.1) is 0 Å². The Kier molecular flexibility index (Phi) is 15.8.